The number of allylic oxidation sites excluding steroid dienone is 9. The van der Waals surface area contributed by atoms with Crippen molar-refractivity contribution in [1.82, 2.24) is 0 Å². The molecule has 0 aromatic heterocycles. The number of rotatable bonds is 16. The molecule has 0 aromatic carbocycles. The standard InChI is InChI=1S/C36H54O5/c1-11-31(16-17-33-27(7)15-18-34(38)41-33)21-25(5)14-12-13-24(4)19-28(8)35(39)30(10)36(40)29(9)20-26(6)22-32(37)23(2)3/h12-13,15-19,21-23,25,27-30,33,36,40H,11,14,20H2,1-10H3/b13-12+,17-16+,24-19+,26-22+,31-21-/t25-,27+,28-,29+,30-,33+,36-/m1/s1. The van der Waals surface area contributed by atoms with Crippen LogP contribution in [0.1, 0.15) is 88.5 Å². The summed E-state index contributed by atoms with van der Waals surface area (Å²) in [6.07, 6.45) is 18.8. The van der Waals surface area contributed by atoms with Gasteiger partial charge >= 0.3 is 5.97 Å². The third-order valence-corrected chi connectivity index (χ3v) is 7.71. The van der Waals surface area contributed by atoms with E-state index in [0.29, 0.717) is 12.3 Å². The predicted octanol–water partition coefficient (Wildman–Crippen LogP) is 7.93. The van der Waals surface area contributed by atoms with Crippen LogP contribution < -0.4 is 0 Å². The Labute approximate surface area is 249 Å². The molecule has 0 radical (unpaired) electrons. The molecule has 1 aliphatic heterocycles. The molecule has 0 saturated carbocycles. The highest BCUT2D eigenvalue weighted by Gasteiger charge is 2.29. The first kappa shape index (κ1) is 36.2. The minimum atomic E-state index is -0.772. The van der Waals surface area contributed by atoms with E-state index in [1.165, 1.54) is 11.6 Å². The third-order valence-electron chi connectivity index (χ3n) is 7.71. The summed E-state index contributed by atoms with van der Waals surface area (Å²) in [5, 5.41) is 10.9. The lowest BCUT2D eigenvalue weighted by atomic mass is 9.82. The Kier molecular flexibility index (Phi) is 15.8. The largest absolute Gasteiger partial charge is 0.454 e. The monoisotopic (exact) mass is 566 g/mol. The Balaban J connectivity index is 2.70. The van der Waals surface area contributed by atoms with E-state index >= 15 is 0 Å². The number of esters is 1. The van der Waals surface area contributed by atoms with Gasteiger partial charge in [-0.3, -0.25) is 9.59 Å². The highest BCUT2D eigenvalue weighted by Crippen LogP contribution is 2.24. The van der Waals surface area contributed by atoms with Crippen molar-refractivity contribution < 1.29 is 24.2 Å². The number of ether oxygens (including phenoxy) is 1. The van der Waals surface area contributed by atoms with Crippen molar-refractivity contribution in [1.29, 1.82) is 0 Å². The zero-order valence-corrected chi connectivity index (χ0v) is 27.0. The Bertz CT molecular complexity index is 1070. The molecule has 0 aliphatic carbocycles. The number of carbonyl (C=O) groups excluding carboxylic acids is 3. The van der Waals surface area contributed by atoms with Crippen molar-refractivity contribution in [2.24, 2.45) is 35.5 Å². The molecular weight excluding hydrogens is 512 g/mol. The SMILES string of the molecule is CCC(=C/[C@H](C)C/C=C/C(C)=C/[C@@H](C)C(=O)[C@@H](C)[C@H](O)[C@@H](C)C/C(C)=C/C(=O)C(C)C)/C=C/[C@@H]1OC(=O)C=C[C@@H]1C. The average Bonchev–Trinajstić information content (AvgIpc) is 2.90. The molecule has 0 aromatic rings. The number of hydrogen-bond acceptors (Lipinski definition) is 5. The van der Waals surface area contributed by atoms with E-state index in [1.807, 2.05) is 66.7 Å². The summed E-state index contributed by atoms with van der Waals surface area (Å²) in [6.45, 7) is 19.6. The average molecular weight is 567 g/mol. The van der Waals surface area contributed by atoms with Crippen LogP contribution in [-0.4, -0.2) is 34.9 Å². The van der Waals surface area contributed by atoms with Crippen LogP contribution in [0.5, 0.6) is 0 Å². The van der Waals surface area contributed by atoms with Crippen LogP contribution in [0.4, 0.5) is 0 Å². The van der Waals surface area contributed by atoms with Crippen molar-refractivity contribution in [2.75, 3.05) is 0 Å². The molecule has 5 heteroatoms. The molecule has 1 N–H and O–H groups in total. The lowest BCUT2D eigenvalue weighted by Crippen LogP contribution is -2.34. The van der Waals surface area contributed by atoms with Crippen LogP contribution in [0.25, 0.3) is 0 Å². The lowest BCUT2D eigenvalue weighted by molar-refractivity contribution is -0.143. The molecule has 0 amide bonds. The first-order chi connectivity index (χ1) is 19.2. The summed E-state index contributed by atoms with van der Waals surface area (Å²) in [6, 6.07) is 0. The maximum Gasteiger partial charge on any atom is 0.331 e. The quantitative estimate of drug-likeness (QED) is 0.117. The van der Waals surface area contributed by atoms with Crippen LogP contribution in [0.3, 0.4) is 0 Å². The zero-order chi connectivity index (χ0) is 31.3. The van der Waals surface area contributed by atoms with Gasteiger partial charge in [-0.1, -0.05) is 109 Å². The molecule has 5 nitrogen and oxygen atoms in total. The number of cyclic esters (lactones) is 1. The Morgan fingerprint density at radius 1 is 1.05 bits per heavy atom. The highest BCUT2D eigenvalue weighted by molar-refractivity contribution is 5.91. The zero-order valence-electron chi connectivity index (χ0n) is 27.0. The minimum Gasteiger partial charge on any atom is -0.454 e. The maximum atomic E-state index is 13.1. The molecule has 1 rings (SSSR count). The van der Waals surface area contributed by atoms with Crippen LogP contribution in [-0.2, 0) is 19.1 Å². The molecular formula is C36H54O5. The van der Waals surface area contributed by atoms with Crippen molar-refractivity contribution in [3.05, 3.63) is 71.4 Å². The van der Waals surface area contributed by atoms with Crippen LogP contribution in [0, 0.1) is 35.5 Å². The fourth-order valence-electron chi connectivity index (χ4n) is 4.95. The first-order valence-electron chi connectivity index (χ1n) is 15.2. The Morgan fingerprint density at radius 3 is 2.32 bits per heavy atom. The van der Waals surface area contributed by atoms with Gasteiger partial charge in [0.1, 0.15) is 11.9 Å². The van der Waals surface area contributed by atoms with E-state index in [2.05, 4.69) is 38.2 Å². The Morgan fingerprint density at radius 2 is 1.71 bits per heavy atom. The molecule has 1 aliphatic rings. The van der Waals surface area contributed by atoms with Gasteiger partial charge < -0.3 is 9.84 Å². The number of carbonyl (C=O) groups is 3. The van der Waals surface area contributed by atoms with Gasteiger partial charge in [0.15, 0.2) is 5.78 Å². The van der Waals surface area contributed by atoms with E-state index in [4.69, 9.17) is 4.74 Å². The lowest BCUT2D eigenvalue weighted by Gasteiger charge is -2.26. The molecule has 228 valence electrons. The predicted molar refractivity (Wildman–Crippen MR) is 169 cm³/mol. The molecule has 0 bridgehead atoms. The van der Waals surface area contributed by atoms with Crippen molar-refractivity contribution in [3.63, 3.8) is 0 Å². The van der Waals surface area contributed by atoms with Crippen molar-refractivity contribution in [2.45, 2.75) is 101 Å². The molecule has 0 saturated heterocycles. The molecule has 0 unspecified atom stereocenters. The third kappa shape index (κ3) is 13.2. The van der Waals surface area contributed by atoms with Crippen LogP contribution in [0.15, 0.2) is 71.4 Å². The number of aliphatic hydroxyl groups is 1. The van der Waals surface area contributed by atoms with E-state index < -0.39 is 12.0 Å². The van der Waals surface area contributed by atoms with Gasteiger partial charge in [0.2, 0.25) is 0 Å². The van der Waals surface area contributed by atoms with E-state index in [-0.39, 0.29) is 47.3 Å². The van der Waals surface area contributed by atoms with E-state index in [1.54, 1.807) is 13.0 Å². The summed E-state index contributed by atoms with van der Waals surface area (Å²) >= 11 is 0. The molecule has 0 spiro atoms. The number of ketones is 2. The topological polar surface area (TPSA) is 80.7 Å². The van der Waals surface area contributed by atoms with Crippen LogP contribution in [0.2, 0.25) is 0 Å². The molecule has 7 atom stereocenters. The van der Waals surface area contributed by atoms with E-state index in [0.717, 1.165) is 24.0 Å². The summed E-state index contributed by atoms with van der Waals surface area (Å²) < 4.78 is 5.40. The van der Waals surface area contributed by atoms with Gasteiger partial charge in [-0.2, -0.15) is 0 Å². The number of aliphatic hydroxyl groups excluding tert-OH is 1. The molecule has 41 heavy (non-hydrogen) atoms. The second-order valence-electron chi connectivity index (χ2n) is 12.3. The van der Waals surface area contributed by atoms with Crippen LogP contribution >= 0.6 is 0 Å². The van der Waals surface area contributed by atoms with Gasteiger partial charge in [0.05, 0.1) is 6.10 Å². The highest BCUT2D eigenvalue weighted by atomic mass is 16.5. The first-order valence-corrected chi connectivity index (χ1v) is 15.2. The summed E-state index contributed by atoms with van der Waals surface area (Å²) in [7, 11) is 0. The number of hydrogen-bond donors (Lipinski definition) is 1. The van der Waals surface area contributed by atoms with E-state index in [9.17, 15) is 19.5 Å². The van der Waals surface area contributed by atoms with Gasteiger partial charge in [0, 0.05) is 29.7 Å². The van der Waals surface area contributed by atoms with Gasteiger partial charge in [-0.25, -0.2) is 4.79 Å². The Hall–Kier alpha value is -2.79. The fraction of sp³-hybridized carbons (Fsp3) is 0.583. The molecule has 1 heterocycles. The second kappa shape index (κ2) is 17.9. The van der Waals surface area contributed by atoms with Gasteiger partial charge in [-0.05, 0) is 57.1 Å². The van der Waals surface area contributed by atoms with Crippen molar-refractivity contribution in [3.8, 4) is 0 Å². The number of Topliss-reactive ketones (excluding diaryl/α,β-unsaturated/α-hetero) is 1. The van der Waals surface area contributed by atoms with Gasteiger partial charge in [0.25, 0.3) is 0 Å². The summed E-state index contributed by atoms with van der Waals surface area (Å²) in [5.41, 5.74) is 3.14. The summed E-state index contributed by atoms with van der Waals surface area (Å²) in [5.74, 6) is -0.693. The fourth-order valence-corrected chi connectivity index (χ4v) is 4.95. The smallest absolute Gasteiger partial charge is 0.331 e. The molecule has 0 fully saturated rings. The van der Waals surface area contributed by atoms with Crippen molar-refractivity contribution >= 4 is 17.5 Å². The van der Waals surface area contributed by atoms with Gasteiger partial charge in [-0.15, -0.1) is 0 Å². The normalized spacial score (nSPS) is 22.6. The summed E-state index contributed by atoms with van der Waals surface area (Å²) in [4.78, 5) is 36.6. The maximum absolute atomic E-state index is 13.1. The minimum absolute atomic E-state index is 0.0149. The second-order valence-corrected chi connectivity index (χ2v) is 12.3.